The minimum absolute atomic E-state index is 0.0635. The molecule has 0 aliphatic rings. The van der Waals surface area contributed by atoms with Gasteiger partial charge in [0.25, 0.3) is 0 Å². The third-order valence-electron chi connectivity index (χ3n) is 3.44. The molecule has 0 aliphatic heterocycles. The summed E-state index contributed by atoms with van der Waals surface area (Å²) < 4.78 is 13.8. The maximum absolute atomic E-state index is 13.1. The van der Waals surface area contributed by atoms with Gasteiger partial charge in [-0.15, -0.1) is 0 Å². The highest BCUT2D eigenvalue weighted by Gasteiger charge is 2.33. The van der Waals surface area contributed by atoms with Gasteiger partial charge in [-0.05, 0) is 30.5 Å². The molecule has 0 heterocycles. The largest absolute Gasteiger partial charge is 0.396 e. The molecule has 0 radical (unpaired) electrons. The average Bonchev–Trinajstić information content (AvgIpc) is 2.27. The molecule has 0 aliphatic carbocycles. The Labute approximate surface area is 110 Å². The van der Waals surface area contributed by atoms with Crippen LogP contribution in [0.3, 0.4) is 0 Å². The zero-order valence-corrected chi connectivity index (χ0v) is 11.8. The Bertz CT molecular complexity index is 386. The van der Waals surface area contributed by atoms with Crippen LogP contribution in [-0.4, -0.2) is 17.8 Å². The Morgan fingerprint density at radius 3 is 2.65 bits per heavy atom. The number of hydrogen-bond donors (Lipinski definition) is 2. The normalized spacial score (nSPS) is 16.6. The summed E-state index contributed by atoms with van der Waals surface area (Å²) in [5.41, 5.74) is 6.75. The summed E-state index contributed by atoms with van der Waals surface area (Å²) in [7, 11) is 0. The minimum Gasteiger partial charge on any atom is -0.396 e. The third-order valence-corrected chi connectivity index (χ3v) is 4.09. The van der Waals surface area contributed by atoms with Crippen molar-refractivity contribution in [2.75, 3.05) is 6.61 Å². The number of benzene rings is 1. The molecular formula is C13H19BrFNO. The van der Waals surface area contributed by atoms with Crippen LogP contribution < -0.4 is 5.73 Å². The van der Waals surface area contributed by atoms with Crippen molar-refractivity contribution in [2.45, 2.75) is 38.1 Å². The van der Waals surface area contributed by atoms with E-state index in [0.717, 1.165) is 12.0 Å². The second kappa shape index (κ2) is 5.94. The first-order chi connectivity index (χ1) is 7.95. The molecule has 1 aromatic rings. The summed E-state index contributed by atoms with van der Waals surface area (Å²) in [6, 6.07) is 4.53. The van der Waals surface area contributed by atoms with E-state index in [0.29, 0.717) is 10.9 Å². The van der Waals surface area contributed by atoms with Crippen LogP contribution >= 0.6 is 15.9 Å². The molecule has 1 aromatic carbocycles. The molecule has 0 saturated carbocycles. The fourth-order valence-electron chi connectivity index (χ4n) is 2.16. The van der Waals surface area contributed by atoms with Gasteiger partial charge in [0.15, 0.2) is 0 Å². The van der Waals surface area contributed by atoms with Gasteiger partial charge in [-0.25, -0.2) is 4.39 Å². The van der Waals surface area contributed by atoms with Crippen LogP contribution in [0.4, 0.5) is 4.39 Å². The first-order valence-electron chi connectivity index (χ1n) is 5.77. The van der Waals surface area contributed by atoms with Crippen molar-refractivity contribution >= 4 is 15.9 Å². The highest BCUT2D eigenvalue weighted by atomic mass is 79.9. The Balaban J connectivity index is 3.21. The van der Waals surface area contributed by atoms with Crippen molar-refractivity contribution in [1.82, 2.24) is 0 Å². The number of nitrogens with two attached hydrogens (primary N) is 1. The predicted octanol–water partition coefficient (Wildman–Crippen LogP) is 2.97. The average molecular weight is 304 g/mol. The van der Waals surface area contributed by atoms with E-state index in [1.807, 2.05) is 13.8 Å². The lowest BCUT2D eigenvalue weighted by atomic mass is 9.73. The van der Waals surface area contributed by atoms with Crippen molar-refractivity contribution < 1.29 is 9.50 Å². The van der Waals surface area contributed by atoms with Crippen molar-refractivity contribution in [3.05, 3.63) is 34.1 Å². The number of halogens is 2. The van der Waals surface area contributed by atoms with Crippen LogP contribution in [0.25, 0.3) is 0 Å². The number of aliphatic hydroxyl groups is 1. The number of rotatable bonds is 5. The van der Waals surface area contributed by atoms with E-state index in [1.54, 1.807) is 6.07 Å². The standard InChI is InChI=1S/C13H19BrFNO/c1-3-12(16)13(2,6-7-17)10-5-4-9(15)8-11(10)14/h4-5,8,12,17H,3,6-7,16H2,1-2H3. The van der Waals surface area contributed by atoms with E-state index in [2.05, 4.69) is 15.9 Å². The maximum atomic E-state index is 13.1. The molecule has 0 aromatic heterocycles. The summed E-state index contributed by atoms with van der Waals surface area (Å²) in [6.45, 7) is 4.08. The molecule has 4 heteroatoms. The van der Waals surface area contributed by atoms with Gasteiger partial charge in [0.1, 0.15) is 5.82 Å². The zero-order chi connectivity index (χ0) is 13.1. The van der Waals surface area contributed by atoms with Gasteiger partial charge >= 0.3 is 0 Å². The molecule has 1 rings (SSSR count). The molecule has 0 amide bonds. The minimum atomic E-state index is -0.351. The molecule has 0 fully saturated rings. The molecular weight excluding hydrogens is 285 g/mol. The monoisotopic (exact) mass is 303 g/mol. The molecule has 0 saturated heterocycles. The molecule has 0 bridgehead atoms. The van der Waals surface area contributed by atoms with Gasteiger partial charge in [0.05, 0.1) is 0 Å². The summed E-state index contributed by atoms with van der Waals surface area (Å²) in [5.74, 6) is -0.281. The van der Waals surface area contributed by atoms with E-state index < -0.39 is 0 Å². The molecule has 2 nitrogen and oxygen atoms in total. The third kappa shape index (κ3) is 3.06. The first kappa shape index (κ1) is 14.6. The van der Waals surface area contributed by atoms with Crippen LogP contribution in [0, 0.1) is 5.82 Å². The lowest BCUT2D eigenvalue weighted by Gasteiger charge is -2.36. The summed E-state index contributed by atoms with van der Waals surface area (Å²) in [6.07, 6.45) is 1.37. The Hall–Kier alpha value is -0.450. The van der Waals surface area contributed by atoms with Gasteiger partial charge in [-0.3, -0.25) is 0 Å². The lowest BCUT2D eigenvalue weighted by molar-refractivity contribution is 0.222. The van der Waals surface area contributed by atoms with Gasteiger partial charge in [-0.2, -0.15) is 0 Å². The smallest absolute Gasteiger partial charge is 0.124 e. The summed E-state index contributed by atoms with van der Waals surface area (Å²) >= 11 is 3.37. The van der Waals surface area contributed by atoms with Crippen LogP contribution in [-0.2, 0) is 5.41 Å². The second-order valence-corrected chi connectivity index (χ2v) is 5.38. The van der Waals surface area contributed by atoms with E-state index in [9.17, 15) is 9.50 Å². The van der Waals surface area contributed by atoms with Gasteiger partial charge in [-0.1, -0.05) is 35.8 Å². The maximum Gasteiger partial charge on any atom is 0.124 e. The fourth-order valence-corrected chi connectivity index (χ4v) is 2.96. The molecule has 3 N–H and O–H groups in total. The van der Waals surface area contributed by atoms with Gasteiger partial charge in [0, 0.05) is 22.5 Å². The van der Waals surface area contributed by atoms with Crippen molar-refractivity contribution in [3.63, 3.8) is 0 Å². The molecule has 96 valence electrons. The van der Waals surface area contributed by atoms with Gasteiger partial charge in [0.2, 0.25) is 0 Å². The van der Waals surface area contributed by atoms with E-state index >= 15 is 0 Å². The van der Waals surface area contributed by atoms with E-state index in [-0.39, 0.29) is 23.9 Å². The summed E-state index contributed by atoms with van der Waals surface area (Å²) in [4.78, 5) is 0. The first-order valence-corrected chi connectivity index (χ1v) is 6.57. The molecule has 0 spiro atoms. The topological polar surface area (TPSA) is 46.2 Å². The second-order valence-electron chi connectivity index (χ2n) is 4.53. The lowest BCUT2D eigenvalue weighted by Crippen LogP contribution is -2.43. The van der Waals surface area contributed by atoms with Crippen molar-refractivity contribution in [2.24, 2.45) is 5.73 Å². The Kier molecular flexibility index (Phi) is 5.10. The van der Waals surface area contributed by atoms with Crippen LogP contribution in [0.15, 0.2) is 22.7 Å². The Morgan fingerprint density at radius 1 is 1.53 bits per heavy atom. The SMILES string of the molecule is CCC(N)C(C)(CCO)c1ccc(F)cc1Br. The number of aliphatic hydroxyl groups excluding tert-OH is 1. The van der Waals surface area contributed by atoms with Crippen LogP contribution in [0.1, 0.15) is 32.3 Å². The van der Waals surface area contributed by atoms with Gasteiger partial charge < -0.3 is 10.8 Å². The molecule has 2 atom stereocenters. The van der Waals surface area contributed by atoms with E-state index in [1.165, 1.54) is 12.1 Å². The highest BCUT2D eigenvalue weighted by Crippen LogP contribution is 2.36. The van der Waals surface area contributed by atoms with Crippen LogP contribution in [0.5, 0.6) is 0 Å². The Morgan fingerprint density at radius 2 is 2.18 bits per heavy atom. The molecule has 2 unspecified atom stereocenters. The van der Waals surface area contributed by atoms with Crippen LogP contribution in [0.2, 0.25) is 0 Å². The van der Waals surface area contributed by atoms with Crippen molar-refractivity contribution in [1.29, 1.82) is 0 Å². The van der Waals surface area contributed by atoms with E-state index in [4.69, 9.17) is 5.73 Å². The zero-order valence-electron chi connectivity index (χ0n) is 10.2. The highest BCUT2D eigenvalue weighted by molar-refractivity contribution is 9.10. The predicted molar refractivity (Wildman–Crippen MR) is 71.4 cm³/mol. The number of hydrogen-bond acceptors (Lipinski definition) is 2. The fraction of sp³-hybridized carbons (Fsp3) is 0.538. The van der Waals surface area contributed by atoms with Crippen molar-refractivity contribution in [3.8, 4) is 0 Å². The summed E-state index contributed by atoms with van der Waals surface area (Å²) in [5, 5.41) is 9.21. The quantitative estimate of drug-likeness (QED) is 0.878. The molecule has 17 heavy (non-hydrogen) atoms.